The second kappa shape index (κ2) is 8.35. The molecule has 0 aliphatic carbocycles. The van der Waals surface area contributed by atoms with Crippen molar-refractivity contribution >= 4 is 27.3 Å². The van der Waals surface area contributed by atoms with Crippen molar-refractivity contribution in [3.63, 3.8) is 0 Å². The van der Waals surface area contributed by atoms with E-state index in [4.69, 9.17) is 4.74 Å². The molecule has 0 unspecified atom stereocenters. The minimum Gasteiger partial charge on any atom is -0.494 e. The van der Waals surface area contributed by atoms with E-state index in [2.05, 4.69) is 33.4 Å². The standard InChI is InChI=1S/C15H18BrNOS/c16-15-8-7-14(19-15)9-11-17-10-4-12-18-13-5-2-1-3-6-13/h1-3,5-8,17H,4,9-12H2. The number of nitrogens with one attached hydrogen (secondary N) is 1. The monoisotopic (exact) mass is 339 g/mol. The first-order valence-corrected chi connectivity index (χ1v) is 8.08. The van der Waals surface area contributed by atoms with E-state index in [1.807, 2.05) is 30.3 Å². The molecule has 2 rings (SSSR count). The zero-order chi connectivity index (χ0) is 13.3. The van der Waals surface area contributed by atoms with E-state index in [1.54, 1.807) is 11.3 Å². The molecule has 0 bridgehead atoms. The summed E-state index contributed by atoms with van der Waals surface area (Å²) in [6.45, 7) is 2.79. The quantitative estimate of drug-likeness (QED) is 0.730. The summed E-state index contributed by atoms with van der Waals surface area (Å²) in [6, 6.07) is 14.2. The Morgan fingerprint density at radius 3 is 2.63 bits per heavy atom. The van der Waals surface area contributed by atoms with Gasteiger partial charge in [-0.3, -0.25) is 0 Å². The maximum atomic E-state index is 5.63. The lowest BCUT2D eigenvalue weighted by molar-refractivity contribution is 0.308. The molecule has 0 spiro atoms. The summed E-state index contributed by atoms with van der Waals surface area (Å²) in [4.78, 5) is 1.42. The van der Waals surface area contributed by atoms with Crippen molar-refractivity contribution in [3.05, 3.63) is 51.1 Å². The molecule has 0 saturated heterocycles. The van der Waals surface area contributed by atoms with Gasteiger partial charge in [0.25, 0.3) is 0 Å². The predicted octanol–water partition coefficient (Wildman–Crippen LogP) is 4.11. The molecule has 0 amide bonds. The number of halogens is 1. The highest BCUT2D eigenvalue weighted by Gasteiger charge is 1.97. The Morgan fingerprint density at radius 2 is 1.89 bits per heavy atom. The Morgan fingerprint density at radius 1 is 1.05 bits per heavy atom. The fourth-order valence-electron chi connectivity index (χ4n) is 1.73. The summed E-state index contributed by atoms with van der Waals surface area (Å²) in [5.41, 5.74) is 0. The molecular weight excluding hydrogens is 322 g/mol. The van der Waals surface area contributed by atoms with E-state index in [-0.39, 0.29) is 0 Å². The Kier molecular flexibility index (Phi) is 6.41. The van der Waals surface area contributed by atoms with Crippen LogP contribution in [0.2, 0.25) is 0 Å². The smallest absolute Gasteiger partial charge is 0.119 e. The molecule has 2 nitrogen and oxygen atoms in total. The van der Waals surface area contributed by atoms with Crippen molar-refractivity contribution in [2.45, 2.75) is 12.8 Å². The second-order valence-corrected chi connectivity index (χ2v) is 6.77. The van der Waals surface area contributed by atoms with Gasteiger partial charge in [-0.2, -0.15) is 0 Å². The van der Waals surface area contributed by atoms with Crippen LogP contribution in [0.5, 0.6) is 5.75 Å². The van der Waals surface area contributed by atoms with Crippen LogP contribution in [-0.2, 0) is 6.42 Å². The van der Waals surface area contributed by atoms with Gasteiger partial charge in [-0.05, 0) is 66.1 Å². The number of hydrogen-bond donors (Lipinski definition) is 1. The molecule has 0 fully saturated rings. The van der Waals surface area contributed by atoms with Crippen LogP contribution in [0.3, 0.4) is 0 Å². The number of ether oxygens (including phenoxy) is 1. The van der Waals surface area contributed by atoms with Crippen LogP contribution in [0.15, 0.2) is 46.3 Å². The van der Waals surface area contributed by atoms with E-state index in [0.717, 1.165) is 38.3 Å². The van der Waals surface area contributed by atoms with Crippen LogP contribution in [0.1, 0.15) is 11.3 Å². The molecule has 1 aromatic carbocycles. The number of thiophene rings is 1. The lowest BCUT2D eigenvalue weighted by Gasteiger charge is -2.06. The minimum absolute atomic E-state index is 0.765. The first-order chi connectivity index (χ1) is 9.34. The van der Waals surface area contributed by atoms with E-state index in [1.165, 1.54) is 8.66 Å². The highest BCUT2D eigenvalue weighted by atomic mass is 79.9. The van der Waals surface area contributed by atoms with Gasteiger partial charge in [-0.15, -0.1) is 11.3 Å². The topological polar surface area (TPSA) is 21.3 Å². The van der Waals surface area contributed by atoms with E-state index < -0.39 is 0 Å². The average molecular weight is 340 g/mol. The molecule has 0 atom stereocenters. The van der Waals surface area contributed by atoms with E-state index >= 15 is 0 Å². The SMILES string of the molecule is Brc1ccc(CCNCCCOc2ccccc2)s1. The van der Waals surface area contributed by atoms with Crippen molar-refractivity contribution in [3.8, 4) is 5.75 Å². The summed E-state index contributed by atoms with van der Waals surface area (Å²) in [5, 5.41) is 3.44. The molecule has 102 valence electrons. The Bertz CT molecular complexity index is 472. The van der Waals surface area contributed by atoms with Gasteiger partial charge in [-0.25, -0.2) is 0 Å². The van der Waals surface area contributed by atoms with E-state index in [9.17, 15) is 0 Å². The van der Waals surface area contributed by atoms with E-state index in [0.29, 0.717) is 0 Å². The van der Waals surface area contributed by atoms with Crippen molar-refractivity contribution in [1.82, 2.24) is 5.32 Å². The molecule has 2 aromatic rings. The lowest BCUT2D eigenvalue weighted by Crippen LogP contribution is -2.19. The molecule has 19 heavy (non-hydrogen) atoms. The zero-order valence-corrected chi connectivity index (χ0v) is 13.2. The van der Waals surface area contributed by atoms with Gasteiger partial charge in [0, 0.05) is 4.88 Å². The molecule has 4 heteroatoms. The van der Waals surface area contributed by atoms with Gasteiger partial charge in [-0.1, -0.05) is 18.2 Å². The number of hydrogen-bond acceptors (Lipinski definition) is 3. The molecule has 1 aromatic heterocycles. The maximum Gasteiger partial charge on any atom is 0.119 e. The molecule has 0 saturated carbocycles. The van der Waals surface area contributed by atoms with Crippen molar-refractivity contribution in [2.24, 2.45) is 0 Å². The first kappa shape index (κ1) is 14.6. The Hall–Kier alpha value is -0.840. The third kappa shape index (κ3) is 5.76. The van der Waals surface area contributed by atoms with Crippen LogP contribution in [0.25, 0.3) is 0 Å². The summed E-state index contributed by atoms with van der Waals surface area (Å²) < 4.78 is 6.84. The van der Waals surface area contributed by atoms with Crippen LogP contribution in [0, 0.1) is 0 Å². The van der Waals surface area contributed by atoms with Gasteiger partial charge < -0.3 is 10.1 Å². The second-order valence-electron chi connectivity index (χ2n) is 4.22. The summed E-state index contributed by atoms with van der Waals surface area (Å²) in [5.74, 6) is 0.950. The summed E-state index contributed by atoms with van der Waals surface area (Å²) >= 11 is 5.28. The lowest BCUT2D eigenvalue weighted by atomic mass is 10.3. The molecule has 1 N–H and O–H groups in total. The average Bonchev–Trinajstić information content (AvgIpc) is 2.85. The van der Waals surface area contributed by atoms with Crippen LogP contribution < -0.4 is 10.1 Å². The molecule has 0 radical (unpaired) electrons. The fourth-order valence-corrected chi connectivity index (χ4v) is 3.21. The highest BCUT2D eigenvalue weighted by molar-refractivity contribution is 9.11. The first-order valence-electron chi connectivity index (χ1n) is 6.47. The normalized spacial score (nSPS) is 10.6. The molecular formula is C15H18BrNOS. The van der Waals surface area contributed by atoms with Gasteiger partial charge in [0.15, 0.2) is 0 Å². The van der Waals surface area contributed by atoms with Crippen molar-refractivity contribution in [1.29, 1.82) is 0 Å². The largest absolute Gasteiger partial charge is 0.494 e. The number of benzene rings is 1. The molecule has 1 heterocycles. The number of para-hydroxylation sites is 1. The van der Waals surface area contributed by atoms with Gasteiger partial charge in [0.2, 0.25) is 0 Å². The third-order valence-electron chi connectivity index (χ3n) is 2.69. The van der Waals surface area contributed by atoms with Gasteiger partial charge >= 0.3 is 0 Å². The molecule has 0 aliphatic heterocycles. The molecule has 0 aliphatic rings. The van der Waals surface area contributed by atoms with Crippen LogP contribution in [-0.4, -0.2) is 19.7 Å². The zero-order valence-electron chi connectivity index (χ0n) is 10.8. The minimum atomic E-state index is 0.765. The number of rotatable bonds is 8. The van der Waals surface area contributed by atoms with Crippen LogP contribution in [0.4, 0.5) is 0 Å². The Labute approximate surface area is 126 Å². The maximum absolute atomic E-state index is 5.63. The van der Waals surface area contributed by atoms with Gasteiger partial charge in [0.05, 0.1) is 10.4 Å². The fraction of sp³-hybridized carbons (Fsp3) is 0.333. The highest BCUT2D eigenvalue weighted by Crippen LogP contribution is 2.21. The van der Waals surface area contributed by atoms with Crippen molar-refractivity contribution < 1.29 is 4.74 Å². The van der Waals surface area contributed by atoms with Crippen LogP contribution >= 0.6 is 27.3 Å². The third-order valence-corrected chi connectivity index (χ3v) is 4.37. The van der Waals surface area contributed by atoms with Crippen molar-refractivity contribution in [2.75, 3.05) is 19.7 Å². The summed E-state index contributed by atoms with van der Waals surface area (Å²) in [6.07, 6.45) is 2.12. The summed E-state index contributed by atoms with van der Waals surface area (Å²) in [7, 11) is 0. The predicted molar refractivity (Wildman–Crippen MR) is 85.1 cm³/mol. The van der Waals surface area contributed by atoms with Gasteiger partial charge in [0.1, 0.15) is 5.75 Å². The Balaban J connectivity index is 1.48.